The van der Waals surface area contributed by atoms with E-state index >= 15 is 0 Å². The Bertz CT molecular complexity index is 694. The van der Waals surface area contributed by atoms with Crippen molar-refractivity contribution in [1.29, 1.82) is 0 Å². The number of carbonyl (C=O) groups is 2. The fraction of sp³-hybridized carbons (Fsp3) is 0.524. The van der Waals surface area contributed by atoms with Crippen molar-refractivity contribution in [3.8, 4) is 0 Å². The number of hydrogen-bond donors (Lipinski definition) is 0. The highest BCUT2D eigenvalue weighted by Gasteiger charge is 2.59. The van der Waals surface area contributed by atoms with Crippen LogP contribution in [0, 0.1) is 11.3 Å². The maximum absolute atomic E-state index is 12.4. The summed E-state index contributed by atoms with van der Waals surface area (Å²) >= 11 is 0. The Kier molecular flexibility index (Phi) is 4.93. The molecule has 1 saturated heterocycles. The zero-order chi connectivity index (χ0) is 18.9. The third-order valence-electron chi connectivity index (χ3n) is 5.95. The highest BCUT2D eigenvalue weighted by atomic mass is 16.5. The molecule has 0 N–H and O–H groups in total. The Morgan fingerprint density at radius 2 is 1.77 bits per heavy atom. The molecular formula is C21H26O5. The third-order valence-corrected chi connectivity index (χ3v) is 5.95. The summed E-state index contributed by atoms with van der Waals surface area (Å²) in [5, 5.41) is 0. The predicted octanol–water partition coefficient (Wildman–Crippen LogP) is 3.60. The summed E-state index contributed by atoms with van der Waals surface area (Å²) in [4.78, 5) is 24.9. The molecule has 5 nitrogen and oxygen atoms in total. The maximum Gasteiger partial charge on any atom is 0.323 e. The highest BCUT2D eigenvalue weighted by Crippen LogP contribution is 2.55. The first-order valence-corrected chi connectivity index (χ1v) is 8.93. The van der Waals surface area contributed by atoms with Crippen molar-refractivity contribution in [2.24, 2.45) is 11.3 Å². The van der Waals surface area contributed by atoms with E-state index in [2.05, 4.69) is 25.6 Å². The second kappa shape index (κ2) is 6.88. The number of carbonyl (C=O) groups excluding carboxylic acids is 2. The van der Waals surface area contributed by atoms with Gasteiger partial charge in [0.1, 0.15) is 0 Å². The van der Waals surface area contributed by atoms with Gasteiger partial charge in [-0.3, -0.25) is 9.59 Å². The van der Waals surface area contributed by atoms with E-state index in [0.29, 0.717) is 6.42 Å². The minimum Gasteiger partial charge on any atom is -0.468 e. The standard InChI is InChI=1S/C21H26O5/c1-14-12-21(18(22)24-3,19(23)25-4)13-16(14)20(2)11-10-17(26-20)15-8-6-5-7-9-15/h5-9,16-17H,1,10-13H2,2-4H3/t16-,17?,20-/m0/s1. The van der Waals surface area contributed by atoms with Gasteiger partial charge in [0, 0.05) is 5.92 Å². The SMILES string of the molecule is C=C1CC(C(=O)OC)(C(=O)OC)C[C@@H]1[C@]1(C)CCC(c2ccccc2)O1. The van der Waals surface area contributed by atoms with Gasteiger partial charge in [-0.2, -0.15) is 0 Å². The van der Waals surface area contributed by atoms with Gasteiger partial charge in [-0.1, -0.05) is 42.5 Å². The molecule has 3 atom stereocenters. The summed E-state index contributed by atoms with van der Waals surface area (Å²) in [6, 6.07) is 10.1. The molecule has 1 aliphatic heterocycles. The second-order valence-corrected chi connectivity index (χ2v) is 7.53. The summed E-state index contributed by atoms with van der Waals surface area (Å²) in [6.45, 7) is 6.21. The molecule has 2 fully saturated rings. The van der Waals surface area contributed by atoms with Crippen molar-refractivity contribution in [1.82, 2.24) is 0 Å². The largest absolute Gasteiger partial charge is 0.468 e. The molecule has 1 aromatic carbocycles. The second-order valence-electron chi connectivity index (χ2n) is 7.53. The van der Waals surface area contributed by atoms with Crippen LogP contribution in [0.3, 0.4) is 0 Å². The van der Waals surface area contributed by atoms with E-state index in [1.807, 2.05) is 18.2 Å². The average molecular weight is 358 g/mol. The van der Waals surface area contributed by atoms with Crippen LogP contribution in [-0.4, -0.2) is 31.8 Å². The third kappa shape index (κ3) is 2.94. The van der Waals surface area contributed by atoms with Crippen LogP contribution in [0.1, 0.15) is 44.3 Å². The van der Waals surface area contributed by atoms with Crippen LogP contribution in [0.2, 0.25) is 0 Å². The van der Waals surface area contributed by atoms with Crippen LogP contribution in [0.5, 0.6) is 0 Å². The molecule has 1 heterocycles. The van der Waals surface area contributed by atoms with Gasteiger partial charge >= 0.3 is 11.9 Å². The van der Waals surface area contributed by atoms with Crippen LogP contribution in [0.25, 0.3) is 0 Å². The zero-order valence-corrected chi connectivity index (χ0v) is 15.6. The molecule has 26 heavy (non-hydrogen) atoms. The fourth-order valence-corrected chi connectivity index (χ4v) is 4.53. The van der Waals surface area contributed by atoms with E-state index in [0.717, 1.165) is 24.0 Å². The number of rotatable bonds is 4. The Morgan fingerprint density at radius 1 is 1.15 bits per heavy atom. The van der Waals surface area contributed by atoms with Gasteiger partial charge in [0.25, 0.3) is 0 Å². The van der Waals surface area contributed by atoms with Crippen LogP contribution >= 0.6 is 0 Å². The van der Waals surface area contributed by atoms with E-state index in [9.17, 15) is 9.59 Å². The fourth-order valence-electron chi connectivity index (χ4n) is 4.53. The van der Waals surface area contributed by atoms with E-state index in [4.69, 9.17) is 14.2 Å². The zero-order valence-electron chi connectivity index (χ0n) is 15.6. The first-order valence-electron chi connectivity index (χ1n) is 8.93. The summed E-state index contributed by atoms with van der Waals surface area (Å²) in [7, 11) is 2.59. The van der Waals surface area contributed by atoms with Crippen molar-refractivity contribution < 1.29 is 23.8 Å². The van der Waals surface area contributed by atoms with Crippen LogP contribution in [0.4, 0.5) is 0 Å². The molecule has 2 aliphatic rings. The topological polar surface area (TPSA) is 61.8 Å². The lowest BCUT2D eigenvalue weighted by molar-refractivity contribution is -0.169. The molecule has 1 saturated carbocycles. The smallest absolute Gasteiger partial charge is 0.323 e. The van der Waals surface area contributed by atoms with Gasteiger partial charge in [-0.25, -0.2) is 0 Å². The molecular weight excluding hydrogens is 332 g/mol. The van der Waals surface area contributed by atoms with Gasteiger partial charge in [0.2, 0.25) is 0 Å². The van der Waals surface area contributed by atoms with E-state index in [1.165, 1.54) is 14.2 Å². The summed E-state index contributed by atoms with van der Waals surface area (Å²) in [5.41, 5.74) is 0.202. The van der Waals surface area contributed by atoms with Gasteiger partial charge < -0.3 is 14.2 Å². The van der Waals surface area contributed by atoms with Crippen molar-refractivity contribution in [3.63, 3.8) is 0 Å². The molecule has 0 spiro atoms. The number of methoxy groups -OCH3 is 2. The van der Waals surface area contributed by atoms with E-state index in [1.54, 1.807) is 0 Å². The van der Waals surface area contributed by atoms with Crippen molar-refractivity contribution in [3.05, 3.63) is 48.0 Å². The Hall–Kier alpha value is -2.14. The summed E-state index contributed by atoms with van der Waals surface area (Å²) in [5.74, 6) is -1.22. The maximum atomic E-state index is 12.4. The normalized spacial score (nSPS) is 30.2. The molecule has 0 radical (unpaired) electrons. The Labute approximate surface area is 154 Å². The molecule has 1 unspecified atom stereocenters. The number of benzene rings is 1. The summed E-state index contributed by atoms with van der Waals surface area (Å²) in [6.07, 6.45) is 2.30. The number of esters is 2. The van der Waals surface area contributed by atoms with Crippen LogP contribution < -0.4 is 0 Å². The molecule has 5 heteroatoms. The highest BCUT2D eigenvalue weighted by molar-refractivity contribution is 6.01. The lowest BCUT2D eigenvalue weighted by atomic mass is 9.79. The van der Waals surface area contributed by atoms with Crippen molar-refractivity contribution in [2.45, 2.75) is 44.3 Å². The molecule has 140 valence electrons. The van der Waals surface area contributed by atoms with Crippen LogP contribution in [-0.2, 0) is 23.8 Å². The van der Waals surface area contributed by atoms with E-state index in [-0.39, 0.29) is 18.4 Å². The van der Waals surface area contributed by atoms with Crippen molar-refractivity contribution in [2.75, 3.05) is 14.2 Å². The first-order chi connectivity index (χ1) is 12.4. The monoisotopic (exact) mass is 358 g/mol. The number of ether oxygens (including phenoxy) is 3. The van der Waals surface area contributed by atoms with Gasteiger partial charge in [-0.15, -0.1) is 0 Å². The molecule has 0 bridgehead atoms. The first kappa shape index (κ1) is 18.6. The Morgan fingerprint density at radius 3 is 2.35 bits per heavy atom. The lowest BCUT2D eigenvalue weighted by Crippen LogP contribution is -2.41. The van der Waals surface area contributed by atoms with Crippen LogP contribution in [0.15, 0.2) is 42.5 Å². The minimum atomic E-state index is -1.32. The average Bonchev–Trinajstić information content (AvgIpc) is 3.23. The van der Waals surface area contributed by atoms with Gasteiger partial charge in [-0.05, 0) is 38.2 Å². The molecule has 0 aromatic heterocycles. The molecule has 1 aromatic rings. The van der Waals surface area contributed by atoms with Crippen molar-refractivity contribution >= 4 is 11.9 Å². The molecule has 1 aliphatic carbocycles. The van der Waals surface area contributed by atoms with Gasteiger partial charge in [0.15, 0.2) is 5.41 Å². The lowest BCUT2D eigenvalue weighted by Gasteiger charge is -2.33. The Balaban J connectivity index is 1.84. The molecule has 0 amide bonds. The number of hydrogen-bond acceptors (Lipinski definition) is 5. The summed E-state index contributed by atoms with van der Waals surface area (Å²) < 4.78 is 16.3. The quantitative estimate of drug-likeness (QED) is 0.468. The minimum absolute atomic E-state index is 0.0141. The van der Waals surface area contributed by atoms with Gasteiger partial charge in [0.05, 0.1) is 25.9 Å². The molecule has 3 rings (SSSR count). The predicted molar refractivity (Wildman–Crippen MR) is 96.2 cm³/mol. The van der Waals surface area contributed by atoms with E-state index < -0.39 is 23.0 Å².